The van der Waals surface area contributed by atoms with Crippen LogP contribution in [0.5, 0.6) is 0 Å². The number of halogens is 2. The van der Waals surface area contributed by atoms with E-state index in [1.54, 1.807) is 12.1 Å². The Morgan fingerprint density at radius 3 is 2.60 bits per heavy atom. The zero-order valence-electron chi connectivity index (χ0n) is 16.1. The van der Waals surface area contributed by atoms with E-state index in [4.69, 9.17) is 11.6 Å². The third-order valence-electron chi connectivity index (χ3n) is 4.67. The number of hydrazone groups is 1. The van der Waals surface area contributed by atoms with E-state index >= 15 is 0 Å². The molecule has 148 valence electrons. The van der Waals surface area contributed by atoms with Crippen LogP contribution in [0, 0.1) is 12.7 Å². The molecule has 0 aliphatic carbocycles. The van der Waals surface area contributed by atoms with Gasteiger partial charge in [-0.05, 0) is 31.2 Å². The summed E-state index contributed by atoms with van der Waals surface area (Å²) in [6, 6.07) is 21.4. The number of benzene rings is 3. The second-order valence-electron chi connectivity index (χ2n) is 6.77. The maximum absolute atomic E-state index is 13.9. The van der Waals surface area contributed by atoms with E-state index in [1.807, 2.05) is 55.5 Å². The van der Waals surface area contributed by atoms with Crippen LogP contribution in [-0.4, -0.2) is 17.1 Å². The van der Waals surface area contributed by atoms with Crippen LogP contribution < -0.4 is 5.43 Å². The minimum Gasteiger partial charge on any atom is -0.267 e. The molecule has 0 saturated carbocycles. The largest absolute Gasteiger partial charge is 0.272 e. The Labute approximate surface area is 178 Å². The lowest BCUT2D eigenvalue weighted by Gasteiger charge is -2.09. The molecule has 3 aromatic carbocycles. The van der Waals surface area contributed by atoms with Gasteiger partial charge in [0.25, 0.3) is 5.91 Å². The van der Waals surface area contributed by atoms with Gasteiger partial charge in [0.1, 0.15) is 5.82 Å². The van der Waals surface area contributed by atoms with Gasteiger partial charge < -0.3 is 0 Å². The topological polar surface area (TPSA) is 54.4 Å². The van der Waals surface area contributed by atoms with E-state index in [0.29, 0.717) is 22.2 Å². The average molecular weight is 418 g/mol. The molecule has 4 rings (SSSR count). The first-order valence-corrected chi connectivity index (χ1v) is 9.65. The second-order valence-corrected chi connectivity index (χ2v) is 7.18. The van der Waals surface area contributed by atoms with Gasteiger partial charge in [-0.3, -0.25) is 4.79 Å². The molecule has 0 saturated heterocycles. The monoisotopic (exact) mass is 417 g/mol. The number of hydrogen-bond acceptors (Lipinski definition) is 3. The molecule has 0 radical (unpaired) electrons. The number of nitrogens with zero attached hydrogens (tertiary/aromatic N) is 2. The first kappa shape index (κ1) is 19.7. The summed E-state index contributed by atoms with van der Waals surface area (Å²) in [5, 5.41) is 4.80. The molecule has 4 aromatic rings. The van der Waals surface area contributed by atoms with Gasteiger partial charge >= 0.3 is 0 Å². The molecular formula is C24H17ClFN3O. The Kier molecular flexibility index (Phi) is 5.55. The standard InChI is InChI=1S/C24H17ClFN3O/c1-15-9-11-16(12-10-15)23-13-18(17-5-2-3-8-22(17)28-23)24(30)29-27-14-19-20(25)6-4-7-21(19)26/h2-14H,1H3,(H,29,30). The lowest BCUT2D eigenvalue weighted by atomic mass is 10.0. The van der Waals surface area contributed by atoms with E-state index in [-0.39, 0.29) is 10.6 Å². The molecule has 0 spiro atoms. The fraction of sp³-hybridized carbons (Fsp3) is 0.0417. The molecule has 0 fully saturated rings. The smallest absolute Gasteiger partial charge is 0.267 e. The number of pyridine rings is 1. The summed E-state index contributed by atoms with van der Waals surface area (Å²) in [6.45, 7) is 2.01. The number of carbonyl (C=O) groups is 1. The van der Waals surface area contributed by atoms with E-state index in [0.717, 1.165) is 11.1 Å². The number of carbonyl (C=O) groups excluding carboxylic acids is 1. The molecule has 1 aromatic heterocycles. The van der Waals surface area contributed by atoms with Gasteiger partial charge in [-0.15, -0.1) is 0 Å². The SMILES string of the molecule is Cc1ccc(-c2cc(C(=O)NN=Cc3c(F)cccc3Cl)c3ccccc3n2)cc1. The highest BCUT2D eigenvalue weighted by molar-refractivity contribution is 6.33. The van der Waals surface area contributed by atoms with Crippen LogP contribution >= 0.6 is 11.6 Å². The van der Waals surface area contributed by atoms with Gasteiger partial charge in [-0.25, -0.2) is 14.8 Å². The Morgan fingerprint density at radius 1 is 1.07 bits per heavy atom. The highest BCUT2D eigenvalue weighted by Gasteiger charge is 2.14. The van der Waals surface area contributed by atoms with Crippen molar-refractivity contribution >= 4 is 34.6 Å². The lowest BCUT2D eigenvalue weighted by molar-refractivity contribution is 0.0956. The van der Waals surface area contributed by atoms with Crippen LogP contribution in [0.3, 0.4) is 0 Å². The van der Waals surface area contributed by atoms with Crippen molar-refractivity contribution < 1.29 is 9.18 Å². The van der Waals surface area contributed by atoms with Crippen molar-refractivity contribution in [3.05, 3.63) is 100 Å². The summed E-state index contributed by atoms with van der Waals surface area (Å²) in [4.78, 5) is 17.6. The van der Waals surface area contributed by atoms with Crippen molar-refractivity contribution in [2.24, 2.45) is 5.10 Å². The number of nitrogens with one attached hydrogen (secondary N) is 1. The van der Waals surface area contributed by atoms with E-state index < -0.39 is 11.7 Å². The van der Waals surface area contributed by atoms with Crippen molar-refractivity contribution in [2.75, 3.05) is 0 Å². The van der Waals surface area contributed by atoms with Crippen LogP contribution in [-0.2, 0) is 0 Å². The molecule has 1 heterocycles. The molecule has 1 amide bonds. The van der Waals surface area contributed by atoms with Gasteiger partial charge in [0.05, 0.1) is 28.0 Å². The Bertz CT molecular complexity index is 1250. The summed E-state index contributed by atoms with van der Waals surface area (Å²) in [5.41, 5.74) is 6.41. The third-order valence-corrected chi connectivity index (χ3v) is 5.00. The minimum atomic E-state index is -0.517. The normalized spacial score (nSPS) is 11.2. The van der Waals surface area contributed by atoms with E-state index in [1.165, 1.54) is 18.3 Å². The Hall–Kier alpha value is -3.57. The second kappa shape index (κ2) is 8.43. The summed E-state index contributed by atoms with van der Waals surface area (Å²) in [7, 11) is 0. The molecule has 6 heteroatoms. The fourth-order valence-corrected chi connectivity index (χ4v) is 3.30. The summed E-state index contributed by atoms with van der Waals surface area (Å²) in [6.07, 6.45) is 1.19. The number of hydrogen-bond donors (Lipinski definition) is 1. The lowest BCUT2D eigenvalue weighted by Crippen LogP contribution is -2.18. The Morgan fingerprint density at radius 2 is 1.83 bits per heavy atom. The maximum Gasteiger partial charge on any atom is 0.272 e. The van der Waals surface area contributed by atoms with Gasteiger partial charge in [-0.2, -0.15) is 5.10 Å². The predicted octanol–water partition coefficient (Wildman–Crippen LogP) is 5.77. The zero-order valence-corrected chi connectivity index (χ0v) is 16.8. The zero-order chi connectivity index (χ0) is 21.1. The van der Waals surface area contributed by atoms with Crippen LogP contribution in [0.25, 0.3) is 22.2 Å². The summed E-state index contributed by atoms with van der Waals surface area (Å²) >= 11 is 5.99. The molecular weight excluding hydrogens is 401 g/mol. The highest BCUT2D eigenvalue weighted by atomic mass is 35.5. The molecule has 0 unspecified atom stereocenters. The van der Waals surface area contributed by atoms with Gasteiger partial charge in [0.15, 0.2) is 0 Å². The first-order chi connectivity index (χ1) is 14.5. The quantitative estimate of drug-likeness (QED) is 0.338. The van der Waals surface area contributed by atoms with E-state index in [2.05, 4.69) is 15.5 Å². The van der Waals surface area contributed by atoms with Crippen molar-refractivity contribution in [2.45, 2.75) is 6.92 Å². The first-order valence-electron chi connectivity index (χ1n) is 9.27. The summed E-state index contributed by atoms with van der Waals surface area (Å²) in [5.74, 6) is -0.942. The maximum atomic E-state index is 13.9. The van der Waals surface area contributed by atoms with Crippen molar-refractivity contribution in [3.8, 4) is 11.3 Å². The number of aromatic nitrogens is 1. The van der Waals surface area contributed by atoms with Crippen molar-refractivity contribution in [1.82, 2.24) is 10.4 Å². The minimum absolute atomic E-state index is 0.111. The molecule has 0 aliphatic rings. The van der Waals surface area contributed by atoms with Crippen molar-refractivity contribution in [3.63, 3.8) is 0 Å². The molecule has 0 aliphatic heterocycles. The number of amides is 1. The molecule has 0 bridgehead atoms. The average Bonchev–Trinajstić information content (AvgIpc) is 2.75. The van der Waals surface area contributed by atoms with Crippen LogP contribution in [0.1, 0.15) is 21.5 Å². The van der Waals surface area contributed by atoms with Crippen molar-refractivity contribution in [1.29, 1.82) is 0 Å². The van der Waals surface area contributed by atoms with Gasteiger partial charge in [-0.1, -0.05) is 65.7 Å². The molecule has 4 nitrogen and oxygen atoms in total. The number of para-hydroxylation sites is 1. The summed E-state index contributed by atoms with van der Waals surface area (Å²) < 4.78 is 13.9. The van der Waals surface area contributed by atoms with Crippen LogP contribution in [0.2, 0.25) is 5.02 Å². The fourth-order valence-electron chi connectivity index (χ4n) is 3.09. The molecule has 0 atom stereocenters. The van der Waals surface area contributed by atoms with Gasteiger partial charge in [0.2, 0.25) is 0 Å². The third kappa shape index (κ3) is 4.07. The molecule has 30 heavy (non-hydrogen) atoms. The van der Waals surface area contributed by atoms with Gasteiger partial charge in [0, 0.05) is 16.5 Å². The number of fused-ring (bicyclic) bond motifs is 1. The molecule has 1 N–H and O–H groups in total. The number of rotatable bonds is 4. The number of aryl methyl sites for hydroxylation is 1. The Balaban J connectivity index is 1.69. The van der Waals surface area contributed by atoms with Crippen LogP contribution in [0.4, 0.5) is 4.39 Å². The predicted molar refractivity (Wildman–Crippen MR) is 118 cm³/mol. The van der Waals surface area contributed by atoms with Crippen LogP contribution in [0.15, 0.2) is 77.9 Å². The highest BCUT2D eigenvalue weighted by Crippen LogP contribution is 2.25. The van der Waals surface area contributed by atoms with E-state index in [9.17, 15) is 9.18 Å².